The van der Waals surface area contributed by atoms with Crippen LogP contribution in [-0.2, 0) is 11.3 Å². The Morgan fingerprint density at radius 1 is 1.10 bits per heavy atom. The van der Waals surface area contributed by atoms with Crippen molar-refractivity contribution in [2.24, 2.45) is 0 Å². The van der Waals surface area contributed by atoms with Crippen LogP contribution in [0.5, 0.6) is 5.75 Å². The Balaban J connectivity index is 1.71. The Labute approximate surface area is 173 Å². The fourth-order valence-electron chi connectivity index (χ4n) is 2.84. The number of halogens is 1. The van der Waals surface area contributed by atoms with Gasteiger partial charge in [-0.15, -0.1) is 0 Å². The predicted octanol–water partition coefficient (Wildman–Crippen LogP) is 4.52. The largest absolute Gasteiger partial charge is 0.490 e. The van der Waals surface area contributed by atoms with E-state index in [1.54, 1.807) is 28.8 Å². The van der Waals surface area contributed by atoms with Crippen molar-refractivity contribution in [3.05, 3.63) is 64.7 Å². The van der Waals surface area contributed by atoms with E-state index in [1.165, 1.54) is 17.8 Å². The van der Waals surface area contributed by atoms with Gasteiger partial charge in [-0.2, -0.15) is 0 Å². The van der Waals surface area contributed by atoms with Crippen molar-refractivity contribution in [2.75, 3.05) is 19.0 Å². The summed E-state index contributed by atoms with van der Waals surface area (Å²) in [5, 5.41) is 1.24. The fourth-order valence-corrected chi connectivity index (χ4v) is 3.69. The van der Waals surface area contributed by atoms with Crippen molar-refractivity contribution in [3.63, 3.8) is 0 Å². The standard InChI is InChI=1S/C22H25FN2O3S/c1-16(2)27-13-7-12-25-21(26)17-8-3-5-10-19(17)24-22(25)29-15-14-28-20-11-6-4-9-18(20)23/h3-6,8-11,16H,7,12-15H2,1-2H3. The van der Waals surface area contributed by atoms with E-state index in [9.17, 15) is 9.18 Å². The van der Waals surface area contributed by atoms with Crippen LogP contribution in [0, 0.1) is 5.82 Å². The lowest BCUT2D eigenvalue weighted by molar-refractivity contribution is 0.0743. The Bertz CT molecular complexity index is 1010. The summed E-state index contributed by atoms with van der Waals surface area (Å²) in [6, 6.07) is 13.6. The minimum absolute atomic E-state index is 0.0577. The Morgan fingerprint density at radius 3 is 2.66 bits per heavy atom. The summed E-state index contributed by atoms with van der Waals surface area (Å²) in [6.45, 7) is 5.39. The smallest absolute Gasteiger partial charge is 0.262 e. The third-order valence-corrected chi connectivity index (χ3v) is 5.15. The summed E-state index contributed by atoms with van der Waals surface area (Å²) in [4.78, 5) is 17.6. The van der Waals surface area contributed by atoms with E-state index in [2.05, 4.69) is 4.98 Å². The van der Waals surface area contributed by atoms with Gasteiger partial charge in [0.1, 0.15) is 0 Å². The molecule has 0 unspecified atom stereocenters. The first-order valence-corrected chi connectivity index (χ1v) is 10.7. The molecule has 2 aromatic carbocycles. The maximum atomic E-state index is 13.7. The highest BCUT2D eigenvalue weighted by molar-refractivity contribution is 7.99. The van der Waals surface area contributed by atoms with Gasteiger partial charge in [0.15, 0.2) is 16.7 Å². The van der Waals surface area contributed by atoms with Crippen LogP contribution in [0.2, 0.25) is 0 Å². The second-order valence-corrected chi connectivity index (χ2v) is 7.83. The molecule has 1 aromatic heterocycles. The molecule has 0 N–H and O–H groups in total. The van der Waals surface area contributed by atoms with Crippen molar-refractivity contribution in [1.29, 1.82) is 0 Å². The van der Waals surface area contributed by atoms with Crippen LogP contribution in [-0.4, -0.2) is 34.6 Å². The summed E-state index contributed by atoms with van der Waals surface area (Å²) in [7, 11) is 0. The molecule has 154 valence electrons. The van der Waals surface area contributed by atoms with Gasteiger partial charge in [-0.25, -0.2) is 9.37 Å². The number of hydrogen-bond acceptors (Lipinski definition) is 5. The molecule has 7 heteroatoms. The summed E-state index contributed by atoms with van der Waals surface area (Å²) < 4.78 is 26.5. The maximum absolute atomic E-state index is 13.7. The molecule has 0 aliphatic carbocycles. The number of fused-ring (bicyclic) bond motifs is 1. The van der Waals surface area contributed by atoms with Crippen LogP contribution in [0.3, 0.4) is 0 Å². The topological polar surface area (TPSA) is 53.4 Å². The maximum Gasteiger partial charge on any atom is 0.262 e. The molecular formula is C22H25FN2O3S. The first-order chi connectivity index (χ1) is 14.1. The van der Waals surface area contributed by atoms with Gasteiger partial charge in [-0.1, -0.05) is 36.0 Å². The average Bonchev–Trinajstić information content (AvgIpc) is 2.71. The van der Waals surface area contributed by atoms with E-state index in [4.69, 9.17) is 9.47 Å². The second kappa shape index (κ2) is 10.4. The van der Waals surface area contributed by atoms with Gasteiger partial charge >= 0.3 is 0 Å². The zero-order chi connectivity index (χ0) is 20.6. The van der Waals surface area contributed by atoms with Gasteiger partial charge in [-0.3, -0.25) is 9.36 Å². The van der Waals surface area contributed by atoms with Gasteiger partial charge < -0.3 is 9.47 Å². The van der Waals surface area contributed by atoms with Crippen molar-refractivity contribution < 1.29 is 13.9 Å². The minimum Gasteiger partial charge on any atom is -0.490 e. The molecule has 0 spiro atoms. The molecule has 0 aliphatic rings. The Kier molecular flexibility index (Phi) is 7.66. The molecule has 0 radical (unpaired) electrons. The summed E-state index contributed by atoms with van der Waals surface area (Å²) >= 11 is 1.43. The normalized spacial score (nSPS) is 11.3. The number of nitrogens with zero attached hydrogens (tertiary/aromatic N) is 2. The monoisotopic (exact) mass is 416 g/mol. The second-order valence-electron chi connectivity index (χ2n) is 6.77. The molecule has 0 bridgehead atoms. The lowest BCUT2D eigenvalue weighted by Crippen LogP contribution is -2.24. The highest BCUT2D eigenvalue weighted by atomic mass is 32.2. The molecular weight excluding hydrogens is 391 g/mol. The fraction of sp³-hybridized carbons (Fsp3) is 0.364. The van der Waals surface area contributed by atoms with E-state index < -0.39 is 0 Å². The Hall–Kier alpha value is -2.38. The van der Waals surface area contributed by atoms with Crippen molar-refractivity contribution in [1.82, 2.24) is 9.55 Å². The summed E-state index contributed by atoms with van der Waals surface area (Å²) in [5.74, 6) is 0.382. The molecule has 0 saturated heterocycles. The van der Waals surface area contributed by atoms with E-state index in [0.717, 1.165) is 6.42 Å². The average molecular weight is 417 g/mol. The zero-order valence-electron chi connectivity index (χ0n) is 16.6. The Morgan fingerprint density at radius 2 is 1.86 bits per heavy atom. The SMILES string of the molecule is CC(C)OCCCn1c(SCCOc2ccccc2F)nc2ccccc2c1=O. The summed E-state index contributed by atoms with van der Waals surface area (Å²) in [6.07, 6.45) is 0.878. The zero-order valence-corrected chi connectivity index (χ0v) is 17.5. The van der Waals surface area contributed by atoms with Crippen LogP contribution in [0.4, 0.5) is 4.39 Å². The number of benzene rings is 2. The van der Waals surface area contributed by atoms with Crippen molar-refractivity contribution in [2.45, 2.75) is 38.1 Å². The molecule has 0 fully saturated rings. The van der Waals surface area contributed by atoms with Crippen molar-refractivity contribution >= 4 is 22.7 Å². The van der Waals surface area contributed by atoms with Gasteiger partial charge in [0.25, 0.3) is 5.56 Å². The van der Waals surface area contributed by atoms with Crippen LogP contribution in [0.1, 0.15) is 20.3 Å². The molecule has 0 aliphatic heterocycles. The highest BCUT2D eigenvalue weighted by Gasteiger charge is 2.12. The molecule has 1 heterocycles. The minimum atomic E-state index is -0.386. The molecule has 3 rings (SSSR count). The highest BCUT2D eigenvalue weighted by Crippen LogP contribution is 2.20. The van der Waals surface area contributed by atoms with Crippen LogP contribution in [0.25, 0.3) is 10.9 Å². The molecule has 29 heavy (non-hydrogen) atoms. The van der Waals surface area contributed by atoms with Gasteiger partial charge in [0.05, 0.1) is 23.6 Å². The quantitative estimate of drug-likeness (QED) is 0.276. The number of para-hydroxylation sites is 2. The third kappa shape index (κ3) is 5.81. The number of thioether (sulfide) groups is 1. The molecule has 3 aromatic rings. The molecule has 5 nitrogen and oxygen atoms in total. The van der Waals surface area contributed by atoms with Gasteiger partial charge in [0, 0.05) is 18.9 Å². The van der Waals surface area contributed by atoms with Gasteiger partial charge in [0.2, 0.25) is 0 Å². The summed E-state index contributed by atoms with van der Waals surface area (Å²) in [5.41, 5.74) is 0.613. The number of aromatic nitrogens is 2. The number of hydrogen-bond donors (Lipinski definition) is 0. The predicted molar refractivity (Wildman–Crippen MR) is 114 cm³/mol. The number of rotatable bonds is 10. The first-order valence-electron chi connectivity index (χ1n) is 9.67. The molecule has 0 amide bonds. The molecule has 0 atom stereocenters. The lowest BCUT2D eigenvalue weighted by atomic mass is 10.2. The van der Waals surface area contributed by atoms with Crippen molar-refractivity contribution in [3.8, 4) is 5.75 Å². The van der Waals surface area contributed by atoms with Crippen LogP contribution < -0.4 is 10.3 Å². The van der Waals surface area contributed by atoms with E-state index >= 15 is 0 Å². The lowest BCUT2D eigenvalue weighted by Gasteiger charge is -2.14. The third-order valence-electron chi connectivity index (χ3n) is 4.21. The van der Waals surface area contributed by atoms with E-state index in [-0.39, 0.29) is 23.2 Å². The van der Waals surface area contributed by atoms with E-state index in [0.29, 0.717) is 41.6 Å². The van der Waals surface area contributed by atoms with Gasteiger partial charge in [-0.05, 0) is 44.5 Å². The molecule has 0 saturated carbocycles. The van der Waals surface area contributed by atoms with Crippen LogP contribution >= 0.6 is 11.8 Å². The van der Waals surface area contributed by atoms with Crippen LogP contribution in [0.15, 0.2) is 58.5 Å². The number of ether oxygens (including phenoxy) is 2. The van der Waals surface area contributed by atoms with E-state index in [1.807, 2.05) is 32.0 Å². The first kappa shape index (κ1) is 21.3.